The van der Waals surface area contributed by atoms with Gasteiger partial charge >= 0.3 is 0 Å². The molecule has 2 amide bonds. The Labute approximate surface area is 159 Å². The summed E-state index contributed by atoms with van der Waals surface area (Å²) in [5.74, 6) is 0.540. The van der Waals surface area contributed by atoms with Crippen molar-refractivity contribution in [2.45, 2.75) is 11.6 Å². The highest BCUT2D eigenvalue weighted by atomic mass is 32.2. The first-order valence-electron chi connectivity index (χ1n) is 7.90. The summed E-state index contributed by atoms with van der Waals surface area (Å²) in [6.45, 7) is 0. The number of carbonyl (C=O) groups is 2. The van der Waals surface area contributed by atoms with Crippen LogP contribution in [0.15, 0.2) is 34.2 Å². The number of aromatic amines is 1. The van der Waals surface area contributed by atoms with Crippen LogP contribution >= 0.6 is 11.8 Å². The second-order valence-electron chi connectivity index (χ2n) is 5.30. The molecule has 0 radical (unpaired) electrons. The zero-order valence-corrected chi connectivity index (χ0v) is 15.9. The van der Waals surface area contributed by atoms with Crippen molar-refractivity contribution >= 4 is 29.3 Å². The fourth-order valence-electron chi connectivity index (χ4n) is 2.14. The van der Waals surface area contributed by atoms with Crippen LogP contribution in [0.3, 0.4) is 0 Å². The minimum atomic E-state index is -0.383. The zero-order valence-electron chi connectivity index (χ0n) is 15.1. The SMILES string of the molecule is CNC(=O)Cc1cc(=O)[nH]c(SCC(=O)Nc2ccc(OC)c(OC)c2)n1. The third-order valence-electron chi connectivity index (χ3n) is 3.40. The van der Waals surface area contributed by atoms with Crippen LogP contribution in [0.2, 0.25) is 0 Å². The minimum absolute atomic E-state index is 0.00812. The van der Waals surface area contributed by atoms with Gasteiger partial charge in [-0.25, -0.2) is 4.98 Å². The monoisotopic (exact) mass is 392 g/mol. The van der Waals surface area contributed by atoms with Crippen molar-refractivity contribution in [3.05, 3.63) is 40.3 Å². The Morgan fingerprint density at radius 3 is 2.56 bits per heavy atom. The van der Waals surface area contributed by atoms with E-state index in [1.165, 1.54) is 27.3 Å². The Hall–Kier alpha value is -3.01. The maximum atomic E-state index is 12.1. The summed E-state index contributed by atoms with van der Waals surface area (Å²) in [5, 5.41) is 5.46. The number of benzene rings is 1. The van der Waals surface area contributed by atoms with Crippen LogP contribution in [-0.2, 0) is 16.0 Å². The molecular formula is C17H20N4O5S. The lowest BCUT2D eigenvalue weighted by Crippen LogP contribution is -2.22. The third kappa shape index (κ3) is 6.03. The van der Waals surface area contributed by atoms with E-state index in [-0.39, 0.29) is 34.7 Å². The van der Waals surface area contributed by atoms with Gasteiger partial charge in [0.05, 0.1) is 32.1 Å². The molecular weight excluding hydrogens is 372 g/mol. The quantitative estimate of drug-likeness (QED) is 0.449. The molecule has 1 aromatic carbocycles. The fraction of sp³-hybridized carbons (Fsp3) is 0.294. The van der Waals surface area contributed by atoms with E-state index in [2.05, 4.69) is 20.6 Å². The highest BCUT2D eigenvalue weighted by Crippen LogP contribution is 2.29. The van der Waals surface area contributed by atoms with Crippen molar-refractivity contribution in [1.82, 2.24) is 15.3 Å². The predicted molar refractivity (Wildman–Crippen MR) is 102 cm³/mol. The summed E-state index contributed by atoms with van der Waals surface area (Å²) in [5.41, 5.74) is 0.501. The molecule has 0 atom stereocenters. The molecule has 3 N–H and O–H groups in total. The Bertz CT molecular complexity index is 884. The number of likely N-dealkylation sites (N-methyl/N-ethyl adjacent to an activating group) is 1. The first-order chi connectivity index (χ1) is 12.9. The maximum Gasteiger partial charge on any atom is 0.251 e. The number of amides is 2. The lowest BCUT2D eigenvalue weighted by molar-refractivity contribution is -0.120. The van der Waals surface area contributed by atoms with Crippen molar-refractivity contribution in [3.8, 4) is 11.5 Å². The molecule has 0 spiro atoms. The first-order valence-corrected chi connectivity index (χ1v) is 8.89. The van der Waals surface area contributed by atoms with Crippen molar-refractivity contribution in [2.24, 2.45) is 0 Å². The number of rotatable bonds is 8. The molecule has 9 nitrogen and oxygen atoms in total. The van der Waals surface area contributed by atoms with Crippen molar-refractivity contribution in [2.75, 3.05) is 32.3 Å². The maximum absolute atomic E-state index is 12.1. The Kier molecular flexibility index (Phi) is 7.24. The number of H-pyrrole nitrogens is 1. The van der Waals surface area contributed by atoms with Gasteiger partial charge in [0.25, 0.3) is 5.56 Å². The summed E-state index contributed by atoms with van der Waals surface area (Å²) in [6, 6.07) is 6.27. The van der Waals surface area contributed by atoms with Crippen LogP contribution in [0.4, 0.5) is 5.69 Å². The van der Waals surface area contributed by atoms with Gasteiger partial charge in [0.2, 0.25) is 11.8 Å². The normalized spacial score (nSPS) is 10.2. The standard InChI is InChI=1S/C17H20N4O5S/c1-18-14(22)7-11-8-15(23)21-17(20-11)27-9-16(24)19-10-4-5-12(25-2)13(6-10)26-3/h4-6,8H,7,9H2,1-3H3,(H,18,22)(H,19,24)(H,20,21,23). The van der Waals surface area contributed by atoms with Crippen molar-refractivity contribution in [1.29, 1.82) is 0 Å². The molecule has 0 aliphatic heterocycles. The summed E-state index contributed by atoms with van der Waals surface area (Å²) < 4.78 is 10.3. The second-order valence-corrected chi connectivity index (χ2v) is 6.26. The highest BCUT2D eigenvalue weighted by molar-refractivity contribution is 7.99. The Morgan fingerprint density at radius 1 is 1.15 bits per heavy atom. The van der Waals surface area contributed by atoms with Gasteiger partial charge in [-0.1, -0.05) is 11.8 Å². The average molecular weight is 392 g/mol. The number of nitrogens with one attached hydrogen (secondary N) is 3. The van der Waals surface area contributed by atoms with Gasteiger partial charge in [-0.3, -0.25) is 14.4 Å². The van der Waals surface area contributed by atoms with Gasteiger partial charge in [-0.15, -0.1) is 0 Å². The molecule has 10 heteroatoms. The number of thioether (sulfide) groups is 1. The van der Waals surface area contributed by atoms with Crippen LogP contribution in [-0.4, -0.2) is 48.8 Å². The van der Waals surface area contributed by atoms with E-state index in [0.717, 1.165) is 11.8 Å². The molecule has 0 bridgehead atoms. The van der Waals surface area contributed by atoms with E-state index < -0.39 is 0 Å². The molecule has 144 valence electrons. The van der Waals surface area contributed by atoms with Gasteiger partial charge < -0.3 is 25.1 Å². The number of aromatic nitrogens is 2. The van der Waals surface area contributed by atoms with Crippen LogP contribution in [0, 0.1) is 0 Å². The first kappa shape index (κ1) is 20.3. The van der Waals surface area contributed by atoms with E-state index in [1.54, 1.807) is 18.2 Å². The van der Waals surface area contributed by atoms with Crippen LogP contribution in [0.25, 0.3) is 0 Å². The lowest BCUT2D eigenvalue weighted by Gasteiger charge is -2.10. The second kappa shape index (κ2) is 9.62. The number of anilines is 1. The number of carbonyl (C=O) groups excluding carboxylic acids is 2. The largest absolute Gasteiger partial charge is 0.493 e. The topological polar surface area (TPSA) is 122 Å². The van der Waals surface area contributed by atoms with E-state index in [1.807, 2.05) is 0 Å². The van der Waals surface area contributed by atoms with E-state index in [9.17, 15) is 14.4 Å². The predicted octanol–water partition coefficient (Wildman–Crippen LogP) is 0.806. The van der Waals surface area contributed by atoms with Crippen molar-refractivity contribution in [3.63, 3.8) is 0 Å². The molecule has 0 saturated carbocycles. The van der Waals surface area contributed by atoms with Gasteiger partial charge in [0, 0.05) is 24.9 Å². The molecule has 0 saturated heterocycles. The highest BCUT2D eigenvalue weighted by Gasteiger charge is 2.10. The molecule has 27 heavy (non-hydrogen) atoms. The van der Waals surface area contributed by atoms with Gasteiger partial charge in [0.15, 0.2) is 16.7 Å². The van der Waals surface area contributed by atoms with Crippen LogP contribution < -0.4 is 25.7 Å². The number of methoxy groups -OCH3 is 2. The number of nitrogens with zero attached hydrogens (tertiary/aromatic N) is 1. The smallest absolute Gasteiger partial charge is 0.251 e. The molecule has 0 unspecified atom stereocenters. The van der Waals surface area contributed by atoms with E-state index in [4.69, 9.17) is 9.47 Å². The summed E-state index contributed by atoms with van der Waals surface area (Å²) in [4.78, 5) is 42.0. The molecule has 1 heterocycles. The molecule has 2 aromatic rings. The Morgan fingerprint density at radius 2 is 1.89 bits per heavy atom. The minimum Gasteiger partial charge on any atom is -0.493 e. The van der Waals surface area contributed by atoms with Crippen LogP contribution in [0.1, 0.15) is 5.69 Å². The molecule has 2 rings (SSSR count). The summed E-state index contributed by atoms with van der Waals surface area (Å²) in [6.07, 6.45) is -0.00812. The van der Waals surface area contributed by atoms with Gasteiger partial charge in [-0.2, -0.15) is 0 Å². The molecule has 0 fully saturated rings. The van der Waals surface area contributed by atoms with Gasteiger partial charge in [-0.05, 0) is 12.1 Å². The summed E-state index contributed by atoms with van der Waals surface area (Å²) in [7, 11) is 4.54. The molecule has 0 aliphatic carbocycles. The fourth-order valence-corrected chi connectivity index (χ4v) is 2.83. The Balaban J connectivity index is 1.99. The van der Waals surface area contributed by atoms with Crippen LogP contribution in [0.5, 0.6) is 11.5 Å². The summed E-state index contributed by atoms with van der Waals surface area (Å²) >= 11 is 1.06. The van der Waals surface area contributed by atoms with Gasteiger partial charge in [0.1, 0.15) is 0 Å². The average Bonchev–Trinajstić information content (AvgIpc) is 2.65. The number of hydrogen-bond acceptors (Lipinski definition) is 7. The number of ether oxygens (including phenoxy) is 2. The number of hydrogen-bond donors (Lipinski definition) is 3. The molecule has 1 aromatic heterocycles. The third-order valence-corrected chi connectivity index (χ3v) is 4.27. The zero-order chi connectivity index (χ0) is 19.8. The van der Waals surface area contributed by atoms with E-state index >= 15 is 0 Å². The molecule has 0 aliphatic rings. The lowest BCUT2D eigenvalue weighted by atomic mass is 10.2. The van der Waals surface area contributed by atoms with E-state index in [0.29, 0.717) is 22.9 Å². The van der Waals surface area contributed by atoms with Crippen molar-refractivity contribution < 1.29 is 19.1 Å².